The van der Waals surface area contributed by atoms with Crippen LogP contribution >= 0.6 is 0 Å². The zero-order valence-electron chi connectivity index (χ0n) is 17.0. The molecule has 30 heavy (non-hydrogen) atoms. The molecule has 0 unspecified atom stereocenters. The number of hydrogen-bond donors (Lipinski definition) is 2. The van der Waals surface area contributed by atoms with Crippen LogP contribution < -0.4 is 20.1 Å². The van der Waals surface area contributed by atoms with Crippen LogP contribution in [0.4, 0.5) is 18.0 Å². The summed E-state index contributed by atoms with van der Waals surface area (Å²) in [6.45, 7) is 3.71. The third kappa shape index (κ3) is 7.81. The maximum Gasteiger partial charge on any atom is 0.422 e. The Balaban J connectivity index is 0.00000155. The van der Waals surface area contributed by atoms with Gasteiger partial charge in [0.25, 0.3) is 0 Å². The number of halogens is 3. The van der Waals surface area contributed by atoms with Crippen LogP contribution in [0.15, 0.2) is 42.6 Å². The molecule has 1 aliphatic heterocycles. The molecule has 6 nitrogen and oxygen atoms in total. The van der Waals surface area contributed by atoms with Gasteiger partial charge in [0.2, 0.25) is 5.88 Å². The Morgan fingerprint density at radius 1 is 1.23 bits per heavy atom. The van der Waals surface area contributed by atoms with Gasteiger partial charge in [0.05, 0.1) is 6.61 Å². The number of nitrogens with one attached hydrogen (secondary N) is 2. The molecule has 0 aliphatic carbocycles. The SMILES string of the molecule is CC.O=C(NCc1ccnc(OCC(F)(F)F)c1)NC[C@H]1COc2ccccc2C1. The molecule has 0 saturated heterocycles. The molecule has 2 amide bonds. The maximum absolute atomic E-state index is 12.2. The van der Waals surface area contributed by atoms with Crippen molar-refractivity contribution < 1.29 is 27.4 Å². The number of urea groups is 1. The third-order valence-electron chi connectivity index (χ3n) is 4.14. The van der Waals surface area contributed by atoms with E-state index >= 15 is 0 Å². The number of carbonyl (C=O) groups excluding carboxylic acids is 1. The van der Waals surface area contributed by atoms with Crippen molar-refractivity contribution in [1.82, 2.24) is 15.6 Å². The second kappa shape index (κ2) is 11.3. The average Bonchev–Trinajstić information content (AvgIpc) is 2.76. The van der Waals surface area contributed by atoms with Gasteiger partial charge in [0.1, 0.15) is 5.75 Å². The van der Waals surface area contributed by atoms with Gasteiger partial charge in [0, 0.05) is 31.3 Å². The monoisotopic (exact) mass is 425 g/mol. The number of amides is 2. The molecule has 2 heterocycles. The fourth-order valence-corrected chi connectivity index (χ4v) is 2.80. The summed E-state index contributed by atoms with van der Waals surface area (Å²) in [6.07, 6.45) is -2.28. The number of alkyl halides is 3. The number of hydrogen-bond acceptors (Lipinski definition) is 4. The lowest BCUT2D eigenvalue weighted by Crippen LogP contribution is -2.40. The third-order valence-corrected chi connectivity index (χ3v) is 4.14. The molecular formula is C21H26F3N3O3. The first kappa shape index (κ1) is 23.3. The molecule has 2 N–H and O–H groups in total. The normalized spacial score (nSPS) is 15.0. The first-order valence-corrected chi connectivity index (χ1v) is 9.76. The highest BCUT2D eigenvalue weighted by molar-refractivity contribution is 5.73. The highest BCUT2D eigenvalue weighted by atomic mass is 19.4. The number of nitrogens with zero attached hydrogens (tertiary/aromatic N) is 1. The maximum atomic E-state index is 12.2. The first-order valence-electron chi connectivity index (χ1n) is 9.76. The van der Waals surface area contributed by atoms with E-state index in [1.165, 1.54) is 12.3 Å². The number of ether oxygens (including phenoxy) is 2. The number of pyridine rings is 1. The van der Waals surface area contributed by atoms with Gasteiger partial charge in [-0.15, -0.1) is 0 Å². The Morgan fingerprint density at radius 3 is 2.77 bits per heavy atom. The van der Waals surface area contributed by atoms with Crippen molar-refractivity contribution in [1.29, 1.82) is 0 Å². The lowest BCUT2D eigenvalue weighted by atomic mass is 9.97. The van der Waals surface area contributed by atoms with E-state index in [-0.39, 0.29) is 24.4 Å². The number of aromatic nitrogens is 1. The molecule has 1 aliphatic rings. The Labute approximate surface area is 173 Å². The van der Waals surface area contributed by atoms with E-state index in [1.807, 2.05) is 38.1 Å². The Kier molecular flexibility index (Phi) is 8.76. The largest absolute Gasteiger partial charge is 0.493 e. The highest BCUT2D eigenvalue weighted by Crippen LogP contribution is 2.26. The zero-order valence-corrected chi connectivity index (χ0v) is 17.0. The number of fused-ring (bicyclic) bond motifs is 1. The second-order valence-electron chi connectivity index (χ2n) is 6.46. The van der Waals surface area contributed by atoms with Crippen molar-refractivity contribution in [3.05, 3.63) is 53.7 Å². The van der Waals surface area contributed by atoms with Crippen molar-refractivity contribution in [2.75, 3.05) is 19.8 Å². The van der Waals surface area contributed by atoms with Gasteiger partial charge in [-0.2, -0.15) is 13.2 Å². The van der Waals surface area contributed by atoms with E-state index in [1.54, 1.807) is 6.07 Å². The minimum atomic E-state index is -4.43. The summed E-state index contributed by atoms with van der Waals surface area (Å²) in [5, 5.41) is 5.45. The summed E-state index contributed by atoms with van der Waals surface area (Å²) >= 11 is 0. The van der Waals surface area contributed by atoms with Gasteiger partial charge in [-0.25, -0.2) is 9.78 Å². The molecule has 1 atom stereocenters. The summed E-state index contributed by atoms with van der Waals surface area (Å²) in [6, 6.07) is 10.4. The van der Waals surface area contributed by atoms with Crippen LogP contribution in [0.25, 0.3) is 0 Å². The van der Waals surface area contributed by atoms with Crippen LogP contribution in [0.2, 0.25) is 0 Å². The van der Waals surface area contributed by atoms with E-state index < -0.39 is 12.8 Å². The lowest BCUT2D eigenvalue weighted by Gasteiger charge is -2.25. The average molecular weight is 425 g/mol. The van der Waals surface area contributed by atoms with Gasteiger partial charge < -0.3 is 20.1 Å². The fraction of sp³-hybridized carbons (Fsp3) is 0.429. The molecule has 0 bridgehead atoms. The quantitative estimate of drug-likeness (QED) is 0.731. The molecule has 1 aromatic carbocycles. The molecule has 164 valence electrons. The molecule has 9 heteroatoms. The topological polar surface area (TPSA) is 72.5 Å². The van der Waals surface area contributed by atoms with Crippen molar-refractivity contribution in [2.24, 2.45) is 5.92 Å². The Hall–Kier alpha value is -2.97. The van der Waals surface area contributed by atoms with Crippen LogP contribution in [-0.2, 0) is 13.0 Å². The fourth-order valence-electron chi connectivity index (χ4n) is 2.80. The van der Waals surface area contributed by atoms with Crippen LogP contribution in [0.1, 0.15) is 25.0 Å². The summed E-state index contributed by atoms with van der Waals surface area (Å²) in [7, 11) is 0. The van der Waals surface area contributed by atoms with Crippen LogP contribution in [0, 0.1) is 5.92 Å². The molecule has 0 spiro atoms. The van der Waals surface area contributed by atoms with E-state index in [9.17, 15) is 18.0 Å². The summed E-state index contributed by atoms with van der Waals surface area (Å²) < 4.78 is 46.8. The predicted octanol–water partition coefficient (Wildman–Crippen LogP) is 4.10. The molecule has 0 fully saturated rings. The van der Waals surface area contributed by atoms with Gasteiger partial charge in [-0.05, 0) is 29.7 Å². The molecule has 0 saturated carbocycles. The number of carbonyl (C=O) groups is 1. The van der Waals surface area contributed by atoms with Crippen LogP contribution in [-0.4, -0.2) is 36.9 Å². The zero-order chi connectivity index (χ0) is 22.0. The predicted molar refractivity (Wildman–Crippen MR) is 107 cm³/mol. The first-order chi connectivity index (χ1) is 14.4. The minimum Gasteiger partial charge on any atom is -0.493 e. The van der Waals surface area contributed by atoms with Crippen molar-refractivity contribution in [2.45, 2.75) is 33.0 Å². The highest BCUT2D eigenvalue weighted by Gasteiger charge is 2.28. The van der Waals surface area contributed by atoms with Crippen molar-refractivity contribution in [3.8, 4) is 11.6 Å². The number of rotatable bonds is 6. The van der Waals surface area contributed by atoms with E-state index in [2.05, 4.69) is 20.4 Å². The van der Waals surface area contributed by atoms with E-state index in [0.717, 1.165) is 17.7 Å². The Morgan fingerprint density at radius 2 is 2.00 bits per heavy atom. The minimum absolute atomic E-state index is 0.140. The van der Waals surface area contributed by atoms with Gasteiger partial charge >= 0.3 is 12.2 Å². The molecule has 1 aromatic heterocycles. The molecule has 3 rings (SSSR count). The lowest BCUT2D eigenvalue weighted by molar-refractivity contribution is -0.154. The standard InChI is InChI=1S/C19H20F3N3O3.C2H6/c20-19(21,22)12-28-17-8-13(5-6-23-17)9-24-18(26)25-10-14-7-15-3-1-2-4-16(15)27-11-14;1-2/h1-6,8,14H,7,9-12H2,(H2,24,25,26);1-2H3/t14-;/m0./s1. The van der Waals surface area contributed by atoms with E-state index in [4.69, 9.17) is 4.74 Å². The summed E-state index contributed by atoms with van der Waals surface area (Å²) in [4.78, 5) is 15.7. The number of para-hydroxylation sites is 1. The second-order valence-corrected chi connectivity index (χ2v) is 6.46. The Bertz CT molecular complexity index is 815. The molecular weight excluding hydrogens is 399 g/mol. The van der Waals surface area contributed by atoms with Crippen LogP contribution in [0.3, 0.4) is 0 Å². The summed E-state index contributed by atoms with van der Waals surface area (Å²) in [5.74, 6) is 0.906. The van der Waals surface area contributed by atoms with Gasteiger partial charge in [-0.1, -0.05) is 32.0 Å². The van der Waals surface area contributed by atoms with Crippen molar-refractivity contribution >= 4 is 6.03 Å². The molecule has 0 radical (unpaired) electrons. The molecule has 2 aromatic rings. The smallest absolute Gasteiger partial charge is 0.422 e. The van der Waals surface area contributed by atoms with Crippen LogP contribution in [0.5, 0.6) is 11.6 Å². The van der Waals surface area contributed by atoms with Gasteiger partial charge in [-0.3, -0.25) is 0 Å². The number of benzene rings is 1. The summed E-state index contributed by atoms with van der Waals surface area (Å²) in [5.41, 5.74) is 1.70. The van der Waals surface area contributed by atoms with Crippen molar-refractivity contribution in [3.63, 3.8) is 0 Å². The van der Waals surface area contributed by atoms with Gasteiger partial charge in [0.15, 0.2) is 6.61 Å². The van der Waals surface area contributed by atoms with E-state index in [0.29, 0.717) is 18.7 Å².